The fraction of sp³-hybridized carbons (Fsp3) is 0.731. The lowest BCUT2D eigenvalue weighted by Crippen LogP contribution is -2.62. The first-order valence-electron chi connectivity index (χ1n) is 12.3. The van der Waals surface area contributed by atoms with E-state index in [4.69, 9.17) is 4.98 Å². The first kappa shape index (κ1) is 24.7. The van der Waals surface area contributed by atoms with Crippen molar-refractivity contribution >= 4 is 16.9 Å². The van der Waals surface area contributed by atoms with E-state index in [0.717, 1.165) is 54.5 Å². The van der Waals surface area contributed by atoms with E-state index in [1.54, 1.807) is 0 Å². The fourth-order valence-electron chi connectivity index (χ4n) is 5.31. The predicted molar refractivity (Wildman–Crippen MR) is 132 cm³/mol. The van der Waals surface area contributed by atoms with Crippen LogP contribution in [0.4, 0.5) is 0 Å². The normalized spacial score (nSPS) is 18.6. The van der Waals surface area contributed by atoms with Gasteiger partial charge in [0.15, 0.2) is 5.65 Å². The van der Waals surface area contributed by atoms with Gasteiger partial charge in [0.1, 0.15) is 0 Å². The molecule has 32 heavy (non-hydrogen) atoms. The van der Waals surface area contributed by atoms with Crippen LogP contribution in [0, 0.1) is 0 Å². The zero-order valence-corrected chi connectivity index (χ0v) is 21.6. The second-order valence-corrected chi connectivity index (χ2v) is 11.5. The maximum Gasteiger partial charge on any atom is 0.254 e. The lowest BCUT2D eigenvalue weighted by atomic mass is 9.78. The van der Waals surface area contributed by atoms with Crippen LogP contribution >= 0.6 is 0 Å². The van der Waals surface area contributed by atoms with Crippen LogP contribution in [0.5, 0.6) is 0 Å². The van der Waals surface area contributed by atoms with E-state index >= 15 is 0 Å². The molecule has 0 radical (unpaired) electrons. The van der Waals surface area contributed by atoms with Crippen molar-refractivity contribution in [1.82, 2.24) is 25.0 Å². The molecule has 0 saturated carbocycles. The molecular formula is C26H43N5O. The zero-order valence-electron chi connectivity index (χ0n) is 21.6. The van der Waals surface area contributed by atoms with Gasteiger partial charge in [-0.3, -0.25) is 4.79 Å². The molecule has 1 saturated heterocycles. The molecule has 178 valence electrons. The summed E-state index contributed by atoms with van der Waals surface area (Å²) in [5.74, 6) is 0.358. The summed E-state index contributed by atoms with van der Waals surface area (Å²) in [6.07, 6.45) is 5.79. The maximum atomic E-state index is 14.2. The molecule has 0 bridgehead atoms. The van der Waals surface area contributed by atoms with Crippen LogP contribution in [-0.4, -0.2) is 49.2 Å². The number of carbonyl (C=O) groups is 1. The third-order valence-corrected chi connectivity index (χ3v) is 6.52. The summed E-state index contributed by atoms with van der Waals surface area (Å²) in [6.45, 7) is 20.4. The monoisotopic (exact) mass is 441 g/mol. The summed E-state index contributed by atoms with van der Waals surface area (Å²) >= 11 is 0. The minimum atomic E-state index is -0.0175. The van der Waals surface area contributed by atoms with Crippen LogP contribution in [0.2, 0.25) is 0 Å². The molecule has 1 amide bonds. The number of hydrogen-bond acceptors (Lipinski definition) is 4. The molecule has 0 unspecified atom stereocenters. The molecule has 6 nitrogen and oxygen atoms in total. The lowest BCUT2D eigenvalue weighted by molar-refractivity contribution is 0.0443. The molecule has 2 aromatic rings. The molecule has 1 aliphatic rings. The number of amides is 1. The molecule has 1 N–H and O–H groups in total. The molecule has 0 aromatic carbocycles. The van der Waals surface area contributed by atoms with Crippen LogP contribution in [0.3, 0.4) is 0 Å². The number of unbranched alkanes of at least 4 members (excludes halogenated alkanes) is 1. The van der Waals surface area contributed by atoms with Crippen LogP contribution in [-0.2, 0) is 0 Å². The predicted octanol–water partition coefficient (Wildman–Crippen LogP) is 5.69. The lowest BCUT2D eigenvalue weighted by Gasteiger charge is -2.49. The van der Waals surface area contributed by atoms with E-state index in [0.29, 0.717) is 0 Å². The maximum absolute atomic E-state index is 14.2. The van der Waals surface area contributed by atoms with Gasteiger partial charge in [-0.25, -0.2) is 9.67 Å². The highest BCUT2D eigenvalue weighted by Gasteiger charge is 2.41. The standard InChI is InChI=1S/C26H43N5O/c1-10-11-12-30(19-14-25(6,7)29-26(8,9)15-19)24(32)20-13-22(17(2)3)28-23-21(20)16-27-31(23)18(4)5/h13,16-19,29H,10-12,14-15H2,1-9H3. The number of pyridine rings is 1. The number of rotatable bonds is 7. The Kier molecular flexibility index (Phi) is 7.04. The number of nitrogens with one attached hydrogen (secondary N) is 1. The van der Waals surface area contributed by atoms with Crippen molar-refractivity contribution in [1.29, 1.82) is 0 Å². The van der Waals surface area contributed by atoms with Gasteiger partial charge in [0, 0.05) is 35.4 Å². The second kappa shape index (κ2) is 9.12. The smallest absolute Gasteiger partial charge is 0.254 e. The first-order chi connectivity index (χ1) is 14.8. The van der Waals surface area contributed by atoms with Gasteiger partial charge in [-0.1, -0.05) is 27.2 Å². The van der Waals surface area contributed by atoms with Crippen molar-refractivity contribution in [3.05, 3.63) is 23.5 Å². The molecule has 0 atom stereocenters. The first-order valence-corrected chi connectivity index (χ1v) is 12.3. The molecule has 6 heteroatoms. The van der Waals surface area contributed by atoms with Crippen LogP contribution < -0.4 is 5.32 Å². The Bertz CT molecular complexity index is 941. The fourth-order valence-corrected chi connectivity index (χ4v) is 5.31. The van der Waals surface area contributed by atoms with E-state index in [-0.39, 0.29) is 35.0 Å². The topological polar surface area (TPSA) is 63.1 Å². The Morgan fingerprint density at radius 3 is 2.34 bits per heavy atom. The summed E-state index contributed by atoms with van der Waals surface area (Å²) < 4.78 is 1.94. The van der Waals surface area contributed by atoms with Crippen LogP contribution in [0.15, 0.2) is 12.3 Å². The SMILES string of the molecule is CCCCN(C(=O)c1cc(C(C)C)nc2c1cnn2C(C)C)C1CC(C)(C)NC(C)(C)C1. The number of fused-ring (bicyclic) bond motifs is 1. The number of hydrogen-bond donors (Lipinski definition) is 1. The number of nitrogens with zero attached hydrogens (tertiary/aromatic N) is 4. The molecule has 1 aliphatic heterocycles. The van der Waals surface area contributed by atoms with Gasteiger partial charge in [-0.2, -0.15) is 5.10 Å². The quantitative estimate of drug-likeness (QED) is 0.600. The van der Waals surface area contributed by atoms with Gasteiger partial charge in [0.25, 0.3) is 5.91 Å². The van der Waals surface area contributed by atoms with Crippen molar-refractivity contribution in [3.63, 3.8) is 0 Å². The third kappa shape index (κ3) is 5.16. The zero-order chi connectivity index (χ0) is 23.8. The Balaban J connectivity index is 2.10. The largest absolute Gasteiger partial charge is 0.336 e. The average Bonchev–Trinajstić information content (AvgIpc) is 3.09. The van der Waals surface area contributed by atoms with Crippen molar-refractivity contribution in [2.45, 2.75) is 117 Å². The molecule has 1 fully saturated rings. The minimum absolute atomic E-state index is 0.0175. The van der Waals surface area contributed by atoms with E-state index in [1.165, 1.54) is 0 Å². The van der Waals surface area contributed by atoms with Crippen molar-refractivity contribution < 1.29 is 4.79 Å². The Labute approximate surface area is 194 Å². The van der Waals surface area contributed by atoms with Gasteiger partial charge >= 0.3 is 0 Å². The average molecular weight is 442 g/mol. The Morgan fingerprint density at radius 1 is 1.19 bits per heavy atom. The molecule has 2 aromatic heterocycles. The van der Waals surface area contributed by atoms with Gasteiger partial charge in [-0.05, 0) is 72.8 Å². The Morgan fingerprint density at radius 2 is 1.81 bits per heavy atom. The van der Waals surface area contributed by atoms with Gasteiger partial charge in [0.2, 0.25) is 0 Å². The molecule has 0 aliphatic carbocycles. The van der Waals surface area contributed by atoms with E-state index in [2.05, 4.69) is 77.6 Å². The van der Waals surface area contributed by atoms with Gasteiger partial charge in [-0.15, -0.1) is 0 Å². The minimum Gasteiger partial charge on any atom is -0.336 e. The van der Waals surface area contributed by atoms with E-state index in [9.17, 15) is 4.79 Å². The second-order valence-electron chi connectivity index (χ2n) is 11.5. The van der Waals surface area contributed by atoms with Crippen LogP contribution in [0.25, 0.3) is 11.0 Å². The van der Waals surface area contributed by atoms with Crippen LogP contribution in [0.1, 0.15) is 116 Å². The van der Waals surface area contributed by atoms with E-state index in [1.807, 2.05) is 16.9 Å². The molecule has 3 heterocycles. The number of aromatic nitrogens is 3. The van der Waals surface area contributed by atoms with E-state index < -0.39 is 0 Å². The highest BCUT2D eigenvalue weighted by atomic mass is 16.2. The highest BCUT2D eigenvalue weighted by Crippen LogP contribution is 2.34. The molecule has 3 rings (SSSR count). The third-order valence-electron chi connectivity index (χ3n) is 6.52. The summed E-state index contributed by atoms with van der Waals surface area (Å²) in [5, 5.41) is 9.21. The highest BCUT2D eigenvalue weighted by molar-refractivity contribution is 6.05. The summed E-state index contributed by atoms with van der Waals surface area (Å²) in [7, 11) is 0. The number of carbonyl (C=O) groups excluding carboxylic acids is 1. The van der Waals surface area contributed by atoms with Crippen molar-refractivity contribution in [2.24, 2.45) is 0 Å². The molecular weight excluding hydrogens is 398 g/mol. The molecule has 0 spiro atoms. The Hall–Kier alpha value is -1.95. The van der Waals surface area contributed by atoms with Gasteiger partial charge < -0.3 is 10.2 Å². The summed E-state index contributed by atoms with van der Waals surface area (Å²) in [5.41, 5.74) is 2.48. The van der Waals surface area contributed by atoms with Crippen molar-refractivity contribution in [2.75, 3.05) is 6.54 Å². The summed E-state index contributed by atoms with van der Waals surface area (Å²) in [6, 6.07) is 2.40. The number of piperidine rings is 1. The van der Waals surface area contributed by atoms with Crippen molar-refractivity contribution in [3.8, 4) is 0 Å². The summed E-state index contributed by atoms with van der Waals surface area (Å²) in [4.78, 5) is 21.2. The van der Waals surface area contributed by atoms with Gasteiger partial charge in [0.05, 0.1) is 17.1 Å².